The van der Waals surface area contributed by atoms with Gasteiger partial charge in [0.15, 0.2) is 11.5 Å². The summed E-state index contributed by atoms with van der Waals surface area (Å²) in [6.07, 6.45) is 10.1. The van der Waals surface area contributed by atoms with Crippen LogP contribution in [-0.2, 0) is 6.54 Å². The summed E-state index contributed by atoms with van der Waals surface area (Å²) < 4.78 is 10.8. The first kappa shape index (κ1) is 18.6. The van der Waals surface area contributed by atoms with Crippen molar-refractivity contribution in [2.24, 2.45) is 11.8 Å². The Hall–Kier alpha value is -2.21. The van der Waals surface area contributed by atoms with Crippen molar-refractivity contribution in [2.75, 3.05) is 26.4 Å². The summed E-state index contributed by atoms with van der Waals surface area (Å²) in [6, 6.07) is 6.99. The third-order valence-electron chi connectivity index (χ3n) is 7.80. The van der Waals surface area contributed by atoms with Crippen molar-refractivity contribution in [2.45, 2.75) is 57.2 Å². The van der Waals surface area contributed by atoms with Crippen LogP contribution in [0.25, 0.3) is 0 Å². The van der Waals surface area contributed by atoms with Crippen molar-refractivity contribution < 1.29 is 14.3 Å². The topological polar surface area (TPSA) is 54.0 Å². The number of benzene rings is 1. The molecule has 1 N–H and O–H groups in total. The molecular formula is C24H31N3O3. The Morgan fingerprint density at radius 1 is 1.13 bits per heavy atom. The summed E-state index contributed by atoms with van der Waals surface area (Å²) in [5.41, 5.74) is 2.57. The third-order valence-corrected chi connectivity index (χ3v) is 7.80. The summed E-state index contributed by atoms with van der Waals surface area (Å²) >= 11 is 0. The minimum atomic E-state index is 0.0717. The van der Waals surface area contributed by atoms with Crippen LogP contribution in [0.5, 0.6) is 11.5 Å². The second-order valence-electron chi connectivity index (χ2n) is 9.55. The number of hydrogen-bond acceptors (Lipinski definition) is 4. The molecule has 6 rings (SSSR count). The quantitative estimate of drug-likeness (QED) is 0.760. The molecule has 6 nitrogen and oxygen atoms in total. The monoisotopic (exact) mass is 409 g/mol. The van der Waals surface area contributed by atoms with Crippen molar-refractivity contribution in [1.82, 2.24) is 15.1 Å². The Balaban J connectivity index is 1.17. The first-order valence-corrected chi connectivity index (χ1v) is 11.6. The summed E-state index contributed by atoms with van der Waals surface area (Å²) in [5, 5.41) is 3.17. The molecule has 0 spiro atoms. The molecule has 1 aliphatic carbocycles. The molecule has 2 amide bonds. The normalized spacial score (nSPS) is 32.1. The summed E-state index contributed by atoms with van der Waals surface area (Å²) in [7, 11) is 0. The number of ether oxygens (including phenoxy) is 2. The fourth-order valence-corrected chi connectivity index (χ4v) is 6.53. The average molecular weight is 410 g/mol. The SMILES string of the molecule is O=C(NCc1ccc2c(c1)OCO2)N1CCCC2=C[C@H]3C[C@H](CN4CCCCC34)C21. The summed E-state index contributed by atoms with van der Waals surface area (Å²) in [6.45, 7) is 4.05. The average Bonchev–Trinajstić information content (AvgIpc) is 3.25. The molecule has 4 heterocycles. The molecule has 2 unspecified atom stereocenters. The fourth-order valence-electron chi connectivity index (χ4n) is 6.53. The number of hydrogen-bond donors (Lipinski definition) is 1. The van der Waals surface area contributed by atoms with E-state index >= 15 is 0 Å². The molecule has 2 bridgehead atoms. The highest BCUT2D eigenvalue weighted by molar-refractivity contribution is 5.75. The maximum Gasteiger partial charge on any atom is 0.318 e. The van der Waals surface area contributed by atoms with Gasteiger partial charge in [0.05, 0.1) is 6.04 Å². The summed E-state index contributed by atoms with van der Waals surface area (Å²) in [5.74, 6) is 2.83. The largest absolute Gasteiger partial charge is 0.454 e. The predicted octanol–water partition coefficient (Wildman–Crippen LogP) is 3.52. The highest BCUT2D eigenvalue weighted by Crippen LogP contribution is 2.45. The van der Waals surface area contributed by atoms with Crippen LogP contribution in [0.3, 0.4) is 0 Å². The second kappa shape index (κ2) is 7.49. The van der Waals surface area contributed by atoms with Gasteiger partial charge in [-0.3, -0.25) is 4.90 Å². The van der Waals surface area contributed by atoms with Crippen molar-refractivity contribution in [1.29, 1.82) is 0 Å². The zero-order valence-corrected chi connectivity index (χ0v) is 17.5. The van der Waals surface area contributed by atoms with E-state index in [9.17, 15) is 4.79 Å². The second-order valence-corrected chi connectivity index (χ2v) is 9.55. The van der Waals surface area contributed by atoms with Crippen LogP contribution in [-0.4, -0.2) is 54.3 Å². The van der Waals surface area contributed by atoms with E-state index in [1.165, 1.54) is 37.8 Å². The number of carbonyl (C=O) groups excluding carboxylic acids is 1. The smallest absolute Gasteiger partial charge is 0.318 e. The molecule has 3 fully saturated rings. The number of likely N-dealkylation sites (tertiary alicyclic amines) is 1. The van der Waals surface area contributed by atoms with E-state index in [4.69, 9.17) is 9.47 Å². The third kappa shape index (κ3) is 3.16. The van der Waals surface area contributed by atoms with Gasteiger partial charge in [-0.25, -0.2) is 4.79 Å². The van der Waals surface area contributed by atoms with Gasteiger partial charge in [0.25, 0.3) is 0 Å². The lowest BCUT2D eigenvalue weighted by molar-refractivity contribution is 0.00788. The number of piperidine rings is 3. The van der Waals surface area contributed by atoms with Gasteiger partial charge in [-0.2, -0.15) is 0 Å². The van der Waals surface area contributed by atoms with E-state index in [0.717, 1.165) is 49.0 Å². The molecule has 30 heavy (non-hydrogen) atoms. The number of nitrogens with one attached hydrogen (secondary N) is 1. The van der Waals surface area contributed by atoms with E-state index in [-0.39, 0.29) is 18.9 Å². The standard InChI is InChI=1S/C24H31N3O3/c28-24(25-13-16-6-7-21-22(10-16)30-15-29-21)27-9-3-4-17-11-18-12-19(23(17)27)14-26-8-2-1-5-20(18)26/h6-7,10-11,18-20,23H,1-5,8-9,12-15H2,(H,25,28)/t18-,19+,20?,23?/m0/s1. The van der Waals surface area contributed by atoms with Crippen LogP contribution in [0.4, 0.5) is 4.79 Å². The highest BCUT2D eigenvalue weighted by Gasteiger charge is 2.46. The molecule has 5 aliphatic rings. The number of fused-ring (bicyclic) bond motifs is 7. The van der Waals surface area contributed by atoms with Gasteiger partial charge >= 0.3 is 6.03 Å². The molecule has 4 atom stereocenters. The number of nitrogens with zero attached hydrogens (tertiary/aromatic N) is 2. The van der Waals surface area contributed by atoms with Crippen molar-refractivity contribution in [3.63, 3.8) is 0 Å². The molecule has 1 aromatic carbocycles. The van der Waals surface area contributed by atoms with Crippen LogP contribution in [0, 0.1) is 11.8 Å². The number of carbonyl (C=O) groups is 1. The Bertz CT molecular complexity index is 869. The first-order valence-electron chi connectivity index (χ1n) is 11.6. The van der Waals surface area contributed by atoms with E-state index in [0.29, 0.717) is 18.4 Å². The van der Waals surface area contributed by atoms with Gasteiger partial charge < -0.3 is 19.7 Å². The summed E-state index contributed by atoms with van der Waals surface area (Å²) in [4.78, 5) is 18.1. The molecule has 160 valence electrons. The van der Waals surface area contributed by atoms with Crippen LogP contribution in [0.2, 0.25) is 0 Å². The lowest BCUT2D eigenvalue weighted by Gasteiger charge is -2.54. The van der Waals surface area contributed by atoms with Crippen molar-refractivity contribution in [3.05, 3.63) is 35.4 Å². The minimum absolute atomic E-state index is 0.0717. The van der Waals surface area contributed by atoms with Gasteiger partial charge in [-0.05, 0) is 68.2 Å². The van der Waals surface area contributed by atoms with Gasteiger partial charge in [-0.1, -0.05) is 24.1 Å². The Labute approximate surface area is 178 Å². The molecule has 4 aliphatic heterocycles. The molecule has 1 aromatic rings. The van der Waals surface area contributed by atoms with Gasteiger partial charge in [0, 0.05) is 25.7 Å². The molecule has 0 radical (unpaired) electrons. The number of urea groups is 1. The predicted molar refractivity (Wildman–Crippen MR) is 113 cm³/mol. The van der Waals surface area contributed by atoms with E-state index in [1.807, 2.05) is 18.2 Å². The fraction of sp³-hybridized carbons (Fsp3) is 0.625. The Kier molecular flexibility index (Phi) is 4.63. The maximum absolute atomic E-state index is 13.2. The van der Waals surface area contributed by atoms with Crippen molar-refractivity contribution in [3.8, 4) is 11.5 Å². The Morgan fingerprint density at radius 3 is 3.03 bits per heavy atom. The van der Waals surface area contributed by atoms with E-state index < -0.39 is 0 Å². The van der Waals surface area contributed by atoms with Crippen LogP contribution >= 0.6 is 0 Å². The van der Waals surface area contributed by atoms with E-state index in [2.05, 4.69) is 21.2 Å². The van der Waals surface area contributed by atoms with Gasteiger partial charge in [0.1, 0.15) is 0 Å². The lowest BCUT2D eigenvalue weighted by Crippen LogP contribution is -2.61. The van der Waals surface area contributed by atoms with Crippen LogP contribution in [0.1, 0.15) is 44.1 Å². The van der Waals surface area contributed by atoms with Crippen LogP contribution < -0.4 is 14.8 Å². The van der Waals surface area contributed by atoms with E-state index in [1.54, 1.807) is 0 Å². The van der Waals surface area contributed by atoms with Crippen molar-refractivity contribution >= 4 is 6.03 Å². The molecule has 6 heteroatoms. The number of rotatable bonds is 2. The van der Waals surface area contributed by atoms with Crippen LogP contribution in [0.15, 0.2) is 29.8 Å². The maximum atomic E-state index is 13.2. The zero-order chi connectivity index (χ0) is 20.1. The van der Waals surface area contributed by atoms with Gasteiger partial charge in [0.2, 0.25) is 6.79 Å². The number of amides is 2. The first-order chi connectivity index (χ1) is 14.8. The minimum Gasteiger partial charge on any atom is -0.454 e. The molecule has 0 aromatic heterocycles. The lowest BCUT2D eigenvalue weighted by atomic mass is 9.68. The molecular weight excluding hydrogens is 378 g/mol. The molecule has 0 saturated carbocycles. The highest BCUT2D eigenvalue weighted by atomic mass is 16.7. The van der Waals surface area contributed by atoms with Gasteiger partial charge in [-0.15, -0.1) is 0 Å². The zero-order valence-electron chi connectivity index (χ0n) is 17.5. The molecule has 3 saturated heterocycles. The Morgan fingerprint density at radius 2 is 2.07 bits per heavy atom.